The Kier molecular flexibility index (Phi) is 7.63. The molecule has 7 nitrogen and oxygen atoms in total. The topological polar surface area (TPSA) is 78.6 Å². The number of carbonyl (C=O) groups excluding carboxylic acids is 1. The lowest BCUT2D eigenvalue weighted by molar-refractivity contribution is -0.122. The maximum Gasteiger partial charge on any atom is 0.270 e. The average molecular weight is 465 g/mol. The highest BCUT2D eigenvalue weighted by atomic mass is 32.2. The van der Waals surface area contributed by atoms with Crippen molar-refractivity contribution in [3.63, 3.8) is 0 Å². The number of thiocarbonyl (C=S) groups is 1. The standard InChI is InChI=1S/C20H24N4O3S3/c1-13-14(11-16-19(26)24(20(28)30-16)5-4-8-27-3)17(23-6-9-29-10-7-23)22(2)18(25)15(13)12-21/h11H,4-10H2,1-3H3/b16-11-. The lowest BCUT2D eigenvalue weighted by Crippen LogP contribution is -2.38. The number of pyridine rings is 1. The lowest BCUT2D eigenvalue weighted by Gasteiger charge is -2.32. The highest BCUT2D eigenvalue weighted by Gasteiger charge is 2.33. The molecule has 2 aliphatic rings. The van der Waals surface area contributed by atoms with Gasteiger partial charge in [0.25, 0.3) is 11.5 Å². The summed E-state index contributed by atoms with van der Waals surface area (Å²) in [5, 5.41) is 9.55. The molecule has 0 spiro atoms. The number of anilines is 1. The summed E-state index contributed by atoms with van der Waals surface area (Å²) in [4.78, 5) is 30.0. The van der Waals surface area contributed by atoms with Crippen molar-refractivity contribution in [1.29, 1.82) is 5.26 Å². The van der Waals surface area contributed by atoms with Gasteiger partial charge in [-0.05, 0) is 25.0 Å². The van der Waals surface area contributed by atoms with E-state index in [2.05, 4.69) is 4.90 Å². The highest BCUT2D eigenvalue weighted by Crippen LogP contribution is 2.36. The molecule has 0 aromatic carbocycles. The first-order chi connectivity index (χ1) is 14.4. The summed E-state index contributed by atoms with van der Waals surface area (Å²) in [5.41, 5.74) is 1.12. The van der Waals surface area contributed by atoms with E-state index in [-0.39, 0.29) is 17.0 Å². The van der Waals surface area contributed by atoms with Crippen molar-refractivity contribution in [3.05, 3.63) is 31.9 Å². The van der Waals surface area contributed by atoms with Gasteiger partial charge in [-0.15, -0.1) is 0 Å². The van der Waals surface area contributed by atoms with Crippen molar-refractivity contribution < 1.29 is 9.53 Å². The van der Waals surface area contributed by atoms with E-state index < -0.39 is 0 Å². The molecule has 0 unspecified atom stereocenters. The van der Waals surface area contributed by atoms with Crippen LogP contribution in [0.3, 0.4) is 0 Å². The Morgan fingerprint density at radius 3 is 2.63 bits per heavy atom. The van der Waals surface area contributed by atoms with E-state index in [0.717, 1.165) is 36.0 Å². The van der Waals surface area contributed by atoms with E-state index in [4.69, 9.17) is 17.0 Å². The molecule has 10 heteroatoms. The maximum absolute atomic E-state index is 13.0. The van der Waals surface area contributed by atoms with E-state index in [9.17, 15) is 14.9 Å². The number of nitrogens with zero attached hydrogens (tertiary/aromatic N) is 4. The van der Waals surface area contributed by atoms with Crippen LogP contribution in [0.1, 0.15) is 23.1 Å². The molecule has 1 amide bonds. The van der Waals surface area contributed by atoms with E-state index >= 15 is 0 Å². The Morgan fingerprint density at radius 2 is 2.00 bits per heavy atom. The van der Waals surface area contributed by atoms with Crippen LogP contribution in [0.2, 0.25) is 0 Å². The molecule has 0 saturated carbocycles. The molecule has 0 N–H and O–H groups in total. The third-order valence-electron chi connectivity index (χ3n) is 5.16. The third-order valence-corrected chi connectivity index (χ3v) is 7.48. The number of ether oxygens (including phenoxy) is 1. The number of hydrogen-bond acceptors (Lipinski definition) is 8. The second-order valence-corrected chi connectivity index (χ2v) is 9.89. The predicted octanol–water partition coefficient (Wildman–Crippen LogP) is 2.36. The number of carbonyl (C=O) groups is 1. The molecule has 0 aliphatic carbocycles. The molecule has 2 saturated heterocycles. The molecular formula is C20H24N4O3S3. The monoisotopic (exact) mass is 464 g/mol. The van der Waals surface area contributed by atoms with Gasteiger partial charge in [-0.1, -0.05) is 24.0 Å². The van der Waals surface area contributed by atoms with E-state index in [1.807, 2.05) is 17.8 Å². The summed E-state index contributed by atoms with van der Waals surface area (Å²) in [6.07, 6.45) is 2.49. The van der Waals surface area contributed by atoms with E-state index in [1.54, 1.807) is 32.1 Å². The Hall–Kier alpha value is -1.80. The van der Waals surface area contributed by atoms with Crippen LogP contribution in [0, 0.1) is 18.3 Å². The number of hydrogen-bond donors (Lipinski definition) is 0. The predicted molar refractivity (Wildman–Crippen MR) is 127 cm³/mol. The van der Waals surface area contributed by atoms with Gasteiger partial charge < -0.3 is 9.64 Å². The van der Waals surface area contributed by atoms with Crippen molar-refractivity contribution in [3.8, 4) is 6.07 Å². The summed E-state index contributed by atoms with van der Waals surface area (Å²) < 4.78 is 7.12. The molecular weight excluding hydrogens is 440 g/mol. The van der Waals surface area contributed by atoms with Gasteiger partial charge in [0, 0.05) is 57.5 Å². The Balaban J connectivity index is 2.07. The van der Waals surface area contributed by atoms with Gasteiger partial charge in [0.1, 0.15) is 21.8 Å². The molecule has 0 bridgehead atoms. The molecule has 2 aliphatic heterocycles. The Bertz CT molecular complexity index is 990. The van der Waals surface area contributed by atoms with Crippen LogP contribution in [0.4, 0.5) is 5.82 Å². The smallest absolute Gasteiger partial charge is 0.270 e. The van der Waals surface area contributed by atoms with Gasteiger partial charge in [-0.3, -0.25) is 19.1 Å². The van der Waals surface area contributed by atoms with Gasteiger partial charge >= 0.3 is 0 Å². The normalized spacial score (nSPS) is 18.4. The van der Waals surface area contributed by atoms with Crippen LogP contribution < -0.4 is 10.5 Å². The summed E-state index contributed by atoms with van der Waals surface area (Å²) in [6, 6.07) is 2.04. The van der Waals surface area contributed by atoms with Crippen molar-refractivity contribution >= 4 is 57.9 Å². The van der Waals surface area contributed by atoms with Crippen molar-refractivity contribution in [1.82, 2.24) is 9.47 Å². The number of amides is 1. The summed E-state index contributed by atoms with van der Waals surface area (Å²) in [7, 11) is 3.31. The lowest BCUT2D eigenvalue weighted by atomic mass is 10.0. The fourth-order valence-electron chi connectivity index (χ4n) is 3.56. The third kappa shape index (κ3) is 4.44. The quantitative estimate of drug-likeness (QED) is 0.361. The second kappa shape index (κ2) is 10.0. The van der Waals surface area contributed by atoms with Crippen molar-refractivity contribution in [2.45, 2.75) is 13.3 Å². The molecule has 0 radical (unpaired) electrons. The Morgan fingerprint density at radius 1 is 1.30 bits per heavy atom. The first-order valence-corrected chi connectivity index (χ1v) is 12.0. The number of aromatic nitrogens is 1. The molecule has 0 atom stereocenters. The van der Waals surface area contributed by atoms with Crippen molar-refractivity contribution in [2.24, 2.45) is 7.05 Å². The fraction of sp³-hybridized carbons (Fsp3) is 0.500. The zero-order valence-corrected chi connectivity index (χ0v) is 19.7. The van der Waals surface area contributed by atoms with Crippen LogP contribution in [0.5, 0.6) is 0 Å². The zero-order valence-electron chi connectivity index (χ0n) is 17.3. The highest BCUT2D eigenvalue weighted by molar-refractivity contribution is 8.26. The molecule has 1 aromatic heterocycles. The molecule has 160 valence electrons. The minimum absolute atomic E-state index is 0.106. The van der Waals surface area contributed by atoms with E-state index in [1.165, 1.54) is 16.3 Å². The molecule has 3 rings (SSSR count). The largest absolute Gasteiger partial charge is 0.385 e. The van der Waals surface area contributed by atoms with Crippen LogP contribution in [0.15, 0.2) is 9.70 Å². The zero-order chi connectivity index (χ0) is 21.8. The summed E-state index contributed by atoms with van der Waals surface area (Å²) in [5.74, 6) is 2.54. The van der Waals surface area contributed by atoms with Gasteiger partial charge in [-0.25, -0.2) is 0 Å². The first-order valence-electron chi connectivity index (χ1n) is 9.61. The molecule has 30 heavy (non-hydrogen) atoms. The Labute approximate surface area is 190 Å². The van der Waals surface area contributed by atoms with Crippen LogP contribution in [-0.2, 0) is 16.6 Å². The summed E-state index contributed by atoms with van der Waals surface area (Å²) >= 11 is 8.54. The number of methoxy groups -OCH3 is 1. The maximum atomic E-state index is 13.0. The van der Waals surface area contributed by atoms with Crippen molar-refractivity contribution in [2.75, 3.05) is 49.8 Å². The van der Waals surface area contributed by atoms with Gasteiger partial charge in [-0.2, -0.15) is 17.0 Å². The number of rotatable bonds is 6. The average Bonchev–Trinajstić information content (AvgIpc) is 3.01. The van der Waals surface area contributed by atoms with Gasteiger partial charge in [0.05, 0.1) is 4.91 Å². The number of nitriles is 1. The molecule has 3 heterocycles. The fourth-order valence-corrected chi connectivity index (χ4v) is 5.75. The minimum atomic E-state index is -0.313. The molecule has 2 fully saturated rings. The van der Waals surface area contributed by atoms with E-state index in [0.29, 0.717) is 34.4 Å². The SMILES string of the molecule is COCCCN1C(=O)/C(=C/c2c(C)c(C#N)c(=O)n(C)c2N2CCSCC2)SC1=S. The molecule has 1 aromatic rings. The van der Waals surface area contributed by atoms with Crippen LogP contribution >= 0.6 is 35.7 Å². The summed E-state index contributed by atoms with van der Waals surface area (Å²) in [6.45, 7) is 4.44. The van der Waals surface area contributed by atoms with Crippen LogP contribution in [0.25, 0.3) is 6.08 Å². The van der Waals surface area contributed by atoms with Gasteiger partial charge in [0.15, 0.2) is 0 Å². The first kappa shape index (κ1) is 22.9. The van der Waals surface area contributed by atoms with Crippen LogP contribution in [-0.4, -0.2) is 64.6 Å². The minimum Gasteiger partial charge on any atom is -0.385 e. The number of thioether (sulfide) groups is 2. The van der Waals surface area contributed by atoms with Gasteiger partial charge in [0.2, 0.25) is 0 Å². The second-order valence-electron chi connectivity index (χ2n) is 6.99.